The summed E-state index contributed by atoms with van der Waals surface area (Å²) in [5.41, 5.74) is 3.09. The zero-order valence-electron chi connectivity index (χ0n) is 10.3. The van der Waals surface area contributed by atoms with Gasteiger partial charge in [0.1, 0.15) is 17.2 Å². The highest BCUT2D eigenvalue weighted by molar-refractivity contribution is 7.12. The van der Waals surface area contributed by atoms with Crippen LogP contribution in [-0.4, -0.2) is 11.1 Å². The molecule has 0 aliphatic rings. The highest BCUT2D eigenvalue weighted by atomic mass is 32.1. The van der Waals surface area contributed by atoms with Gasteiger partial charge in [-0.15, -0.1) is 11.3 Å². The first-order chi connectivity index (χ1) is 8.58. The van der Waals surface area contributed by atoms with Crippen molar-refractivity contribution in [3.05, 3.63) is 51.2 Å². The molecule has 3 nitrogen and oxygen atoms in total. The molecule has 0 fully saturated rings. The molecule has 0 amide bonds. The first kappa shape index (κ1) is 12.6. The average Bonchev–Trinajstić information content (AvgIpc) is 2.79. The van der Waals surface area contributed by atoms with E-state index in [1.807, 2.05) is 32.0 Å². The number of ether oxygens (including phenoxy) is 1. The number of benzene rings is 1. The summed E-state index contributed by atoms with van der Waals surface area (Å²) in [5, 5.41) is 10.8. The maximum atomic E-state index is 10.9. The molecule has 1 heterocycles. The standard InChI is InChI=1S/C14H14O3S/c1-9-3-4-12(7-10(9)2)17-8-11-5-6-18-13(11)14(15)16/h3-7H,8H2,1-2H3,(H,15,16). The van der Waals surface area contributed by atoms with Crippen LogP contribution < -0.4 is 4.74 Å². The largest absolute Gasteiger partial charge is 0.489 e. The van der Waals surface area contributed by atoms with Gasteiger partial charge >= 0.3 is 5.97 Å². The Kier molecular flexibility index (Phi) is 3.67. The minimum atomic E-state index is -0.899. The monoisotopic (exact) mass is 262 g/mol. The van der Waals surface area contributed by atoms with Gasteiger partial charge in [0.15, 0.2) is 0 Å². The highest BCUT2D eigenvalue weighted by Crippen LogP contribution is 2.21. The van der Waals surface area contributed by atoms with E-state index >= 15 is 0 Å². The Morgan fingerprint density at radius 3 is 2.72 bits per heavy atom. The van der Waals surface area contributed by atoms with E-state index < -0.39 is 5.97 Å². The third-order valence-electron chi connectivity index (χ3n) is 2.81. The molecule has 94 valence electrons. The van der Waals surface area contributed by atoms with Gasteiger partial charge in [-0.3, -0.25) is 0 Å². The Labute approximate surface area is 110 Å². The fourth-order valence-electron chi connectivity index (χ4n) is 1.60. The predicted octanol–water partition coefficient (Wildman–Crippen LogP) is 3.64. The fourth-order valence-corrected chi connectivity index (χ4v) is 2.35. The van der Waals surface area contributed by atoms with Crippen LogP contribution in [0, 0.1) is 13.8 Å². The smallest absolute Gasteiger partial charge is 0.346 e. The number of carbonyl (C=O) groups is 1. The van der Waals surface area contributed by atoms with Gasteiger partial charge in [-0.25, -0.2) is 4.79 Å². The van der Waals surface area contributed by atoms with Crippen molar-refractivity contribution < 1.29 is 14.6 Å². The van der Waals surface area contributed by atoms with Crippen molar-refractivity contribution in [2.24, 2.45) is 0 Å². The zero-order chi connectivity index (χ0) is 13.1. The van der Waals surface area contributed by atoms with Crippen molar-refractivity contribution in [2.75, 3.05) is 0 Å². The van der Waals surface area contributed by atoms with Crippen LogP contribution >= 0.6 is 11.3 Å². The molecule has 0 aliphatic carbocycles. The van der Waals surface area contributed by atoms with Crippen LogP contribution in [0.5, 0.6) is 5.75 Å². The number of carboxylic acid groups (broad SMARTS) is 1. The minimum Gasteiger partial charge on any atom is -0.489 e. The predicted molar refractivity (Wildman–Crippen MR) is 71.5 cm³/mol. The number of carboxylic acids is 1. The molecule has 2 aromatic rings. The van der Waals surface area contributed by atoms with Gasteiger partial charge in [-0.05, 0) is 48.6 Å². The summed E-state index contributed by atoms with van der Waals surface area (Å²) in [5.74, 6) is -0.135. The van der Waals surface area contributed by atoms with E-state index in [0.29, 0.717) is 10.4 Å². The third-order valence-corrected chi connectivity index (χ3v) is 3.76. The van der Waals surface area contributed by atoms with Crippen LogP contribution in [0.25, 0.3) is 0 Å². The lowest BCUT2D eigenvalue weighted by Gasteiger charge is -2.08. The summed E-state index contributed by atoms with van der Waals surface area (Å²) < 4.78 is 5.62. The van der Waals surface area contributed by atoms with Crippen LogP contribution in [-0.2, 0) is 6.61 Å². The van der Waals surface area contributed by atoms with E-state index in [0.717, 1.165) is 11.3 Å². The second-order valence-electron chi connectivity index (χ2n) is 4.11. The molecule has 0 atom stereocenters. The summed E-state index contributed by atoms with van der Waals surface area (Å²) in [6.45, 7) is 4.35. The van der Waals surface area contributed by atoms with Crippen molar-refractivity contribution >= 4 is 17.3 Å². The van der Waals surface area contributed by atoms with E-state index in [4.69, 9.17) is 9.84 Å². The molecule has 1 aromatic carbocycles. The van der Waals surface area contributed by atoms with Gasteiger partial charge in [0, 0.05) is 5.56 Å². The van der Waals surface area contributed by atoms with Crippen LogP contribution in [0.3, 0.4) is 0 Å². The van der Waals surface area contributed by atoms with Crippen molar-refractivity contribution in [3.8, 4) is 5.75 Å². The number of thiophene rings is 1. The molecule has 2 rings (SSSR count). The van der Waals surface area contributed by atoms with Crippen molar-refractivity contribution in [1.29, 1.82) is 0 Å². The molecular formula is C14H14O3S. The molecule has 0 aliphatic heterocycles. The second-order valence-corrected chi connectivity index (χ2v) is 5.03. The Morgan fingerprint density at radius 1 is 1.28 bits per heavy atom. The topological polar surface area (TPSA) is 46.5 Å². The average molecular weight is 262 g/mol. The van der Waals surface area contributed by atoms with E-state index in [1.54, 1.807) is 11.4 Å². The number of aromatic carboxylic acids is 1. The molecule has 0 spiro atoms. The van der Waals surface area contributed by atoms with Crippen LogP contribution in [0.2, 0.25) is 0 Å². The maximum Gasteiger partial charge on any atom is 0.346 e. The Morgan fingerprint density at radius 2 is 2.06 bits per heavy atom. The lowest BCUT2D eigenvalue weighted by molar-refractivity contribution is 0.0699. The van der Waals surface area contributed by atoms with Crippen molar-refractivity contribution in [2.45, 2.75) is 20.5 Å². The summed E-state index contributed by atoms with van der Waals surface area (Å²) in [6.07, 6.45) is 0. The van der Waals surface area contributed by atoms with Gasteiger partial charge in [0.25, 0.3) is 0 Å². The molecule has 4 heteroatoms. The first-order valence-corrected chi connectivity index (χ1v) is 6.45. The van der Waals surface area contributed by atoms with Gasteiger partial charge in [0.05, 0.1) is 0 Å². The van der Waals surface area contributed by atoms with E-state index in [1.165, 1.54) is 16.9 Å². The SMILES string of the molecule is Cc1ccc(OCc2ccsc2C(=O)O)cc1C. The summed E-state index contributed by atoms with van der Waals surface area (Å²) >= 11 is 1.22. The van der Waals surface area contributed by atoms with Gasteiger partial charge < -0.3 is 9.84 Å². The molecule has 1 N–H and O–H groups in total. The van der Waals surface area contributed by atoms with Gasteiger partial charge in [-0.2, -0.15) is 0 Å². The Hall–Kier alpha value is -1.81. The second kappa shape index (κ2) is 5.23. The van der Waals surface area contributed by atoms with Gasteiger partial charge in [0.2, 0.25) is 0 Å². The lowest BCUT2D eigenvalue weighted by atomic mass is 10.1. The highest BCUT2D eigenvalue weighted by Gasteiger charge is 2.11. The number of hydrogen-bond donors (Lipinski definition) is 1. The Bertz CT molecular complexity index is 572. The van der Waals surface area contributed by atoms with E-state index in [2.05, 4.69) is 0 Å². The summed E-state index contributed by atoms with van der Waals surface area (Å²) in [4.78, 5) is 11.3. The molecule has 0 radical (unpaired) electrons. The van der Waals surface area contributed by atoms with Crippen molar-refractivity contribution in [1.82, 2.24) is 0 Å². The number of rotatable bonds is 4. The van der Waals surface area contributed by atoms with E-state index in [9.17, 15) is 4.79 Å². The molecular weight excluding hydrogens is 248 g/mol. The molecule has 1 aromatic heterocycles. The maximum absolute atomic E-state index is 10.9. The molecule has 18 heavy (non-hydrogen) atoms. The molecule has 0 saturated carbocycles. The number of hydrogen-bond acceptors (Lipinski definition) is 3. The zero-order valence-corrected chi connectivity index (χ0v) is 11.1. The fraction of sp³-hybridized carbons (Fsp3) is 0.214. The first-order valence-electron chi connectivity index (χ1n) is 5.57. The van der Waals surface area contributed by atoms with Gasteiger partial charge in [-0.1, -0.05) is 6.07 Å². The molecule has 0 unspecified atom stereocenters. The normalized spacial score (nSPS) is 10.3. The van der Waals surface area contributed by atoms with Crippen molar-refractivity contribution in [3.63, 3.8) is 0 Å². The third kappa shape index (κ3) is 2.71. The Balaban J connectivity index is 2.09. The summed E-state index contributed by atoms with van der Waals surface area (Å²) in [6, 6.07) is 7.64. The quantitative estimate of drug-likeness (QED) is 0.915. The van der Waals surface area contributed by atoms with Crippen LogP contribution in [0.15, 0.2) is 29.6 Å². The molecule has 0 saturated heterocycles. The summed E-state index contributed by atoms with van der Waals surface area (Å²) in [7, 11) is 0. The van der Waals surface area contributed by atoms with Crippen LogP contribution in [0.1, 0.15) is 26.4 Å². The van der Waals surface area contributed by atoms with Crippen LogP contribution in [0.4, 0.5) is 0 Å². The van der Waals surface area contributed by atoms with E-state index in [-0.39, 0.29) is 6.61 Å². The molecule has 0 bridgehead atoms. The lowest BCUT2D eigenvalue weighted by Crippen LogP contribution is -2.01. The number of aryl methyl sites for hydroxylation is 2. The minimum absolute atomic E-state index is 0.285.